The number of benzene rings is 5. The molecular weight excluding hydrogens is 1210 g/mol. The van der Waals surface area contributed by atoms with E-state index in [2.05, 4.69) is 31.9 Å². The van der Waals surface area contributed by atoms with Crippen molar-refractivity contribution in [2.24, 2.45) is 23.1 Å². The van der Waals surface area contributed by atoms with Crippen molar-refractivity contribution >= 4 is 70.5 Å². The minimum atomic E-state index is -2.22. The normalized spacial score (nSPS) is 26.6. The minimum absolute atomic E-state index is 0.107. The average Bonchev–Trinajstić information content (AvgIpc) is 0.834. The van der Waals surface area contributed by atoms with Crippen molar-refractivity contribution in [3.05, 3.63) is 117 Å². The number of rotatable bonds is 9. The van der Waals surface area contributed by atoms with Gasteiger partial charge in [-0.25, -0.2) is 4.79 Å². The van der Waals surface area contributed by atoms with Crippen molar-refractivity contribution < 1.29 is 93.0 Å². The van der Waals surface area contributed by atoms with Gasteiger partial charge in [0.05, 0.1) is 34.7 Å². The number of nitrogens with two attached hydrogens (primary N) is 3. The molecule has 0 saturated carbocycles. The van der Waals surface area contributed by atoms with E-state index in [9.17, 15) is 59.7 Å². The Morgan fingerprint density at radius 2 is 1.30 bits per heavy atom. The number of aromatic hydroxyl groups is 3. The summed E-state index contributed by atoms with van der Waals surface area (Å²) in [6.07, 6.45) is -8.79. The Balaban J connectivity index is 1.32. The van der Waals surface area contributed by atoms with Gasteiger partial charge in [-0.15, -0.1) is 0 Å². The van der Waals surface area contributed by atoms with Crippen LogP contribution in [0.2, 0.25) is 10.0 Å². The number of aliphatic hydroxyl groups is 3. The first kappa shape index (κ1) is 64.5. The maximum absolute atomic E-state index is 15.8. The van der Waals surface area contributed by atoms with Gasteiger partial charge in [0.2, 0.25) is 53.4 Å². The van der Waals surface area contributed by atoms with Crippen LogP contribution in [0.15, 0.2) is 78.9 Å². The molecule has 0 aromatic heterocycles. The molecule has 0 radical (unpaired) electrons. The smallest absolute Gasteiger partial charge is 0.330 e. The van der Waals surface area contributed by atoms with Crippen LogP contribution in [0.3, 0.4) is 0 Å². The Morgan fingerprint density at radius 3 is 1.89 bits per heavy atom. The highest BCUT2D eigenvalue weighted by atomic mass is 35.5. The number of aliphatic hydroxyl groups excluding tert-OH is 3. The van der Waals surface area contributed by atoms with Gasteiger partial charge < -0.3 is 104 Å². The quantitative estimate of drug-likeness (QED) is 0.100. The van der Waals surface area contributed by atoms with Crippen LogP contribution < -0.4 is 63.3 Å². The van der Waals surface area contributed by atoms with Crippen LogP contribution in [0.5, 0.6) is 46.0 Å². The van der Waals surface area contributed by atoms with E-state index in [1.807, 2.05) is 0 Å². The van der Waals surface area contributed by atoms with Gasteiger partial charge in [-0.2, -0.15) is 0 Å². The first-order valence-electron chi connectivity index (χ1n) is 27.6. The Kier molecular flexibility index (Phi) is 18.6. The predicted molar refractivity (Wildman–Crippen MR) is 312 cm³/mol. The van der Waals surface area contributed by atoms with Gasteiger partial charge in [0.1, 0.15) is 71.2 Å². The summed E-state index contributed by atoms with van der Waals surface area (Å²) >= 11 is 13.9. The van der Waals surface area contributed by atoms with Gasteiger partial charge in [-0.1, -0.05) is 55.2 Å². The number of halogens is 2. The molecule has 89 heavy (non-hydrogen) atoms. The summed E-state index contributed by atoms with van der Waals surface area (Å²) in [4.78, 5) is 115. The number of phenolic OH excluding ortho intramolecular Hbond substituents is 3. The van der Waals surface area contributed by atoms with Gasteiger partial charge in [-0.3, -0.25) is 33.6 Å². The molecule has 6 heterocycles. The molecule has 0 spiro atoms. The Morgan fingerprint density at radius 1 is 0.719 bits per heavy atom. The fraction of sp³-hybridized carbons (Fsp3) is 0.356. The van der Waals surface area contributed by atoms with Gasteiger partial charge in [0.25, 0.3) is 0 Å². The van der Waals surface area contributed by atoms with Crippen molar-refractivity contribution in [3.8, 4) is 57.1 Å². The number of amides is 7. The summed E-state index contributed by atoms with van der Waals surface area (Å²) in [5.41, 5.74) is 14.7. The van der Waals surface area contributed by atoms with Gasteiger partial charge >= 0.3 is 5.97 Å². The molecular formula is C59H63Cl2N9O19. The number of phenols is 3. The molecule has 6 aliphatic heterocycles. The monoisotopic (exact) mass is 1270 g/mol. The fourth-order valence-electron chi connectivity index (χ4n) is 10.8. The lowest BCUT2D eigenvalue weighted by molar-refractivity contribution is -0.204. The Labute approximate surface area is 515 Å². The summed E-state index contributed by atoms with van der Waals surface area (Å²) in [6, 6.07) is 0.272. The molecule has 11 rings (SSSR count). The van der Waals surface area contributed by atoms with Crippen LogP contribution in [0.25, 0.3) is 11.1 Å². The van der Waals surface area contributed by atoms with E-state index in [-0.39, 0.29) is 68.3 Å². The lowest BCUT2D eigenvalue weighted by atomic mass is 9.86. The van der Waals surface area contributed by atoms with E-state index in [4.69, 9.17) is 59.4 Å². The van der Waals surface area contributed by atoms with Crippen LogP contribution >= 0.6 is 23.2 Å². The molecule has 472 valence electrons. The van der Waals surface area contributed by atoms with E-state index < -0.39 is 178 Å². The number of nitrogens with one attached hydrogen (secondary N) is 6. The number of fused-ring (bicyclic) bond motifs is 15. The van der Waals surface area contributed by atoms with Crippen molar-refractivity contribution in [2.45, 2.75) is 125 Å². The zero-order valence-corrected chi connectivity index (χ0v) is 49.2. The lowest BCUT2D eigenvalue weighted by Crippen LogP contribution is -2.60. The highest BCUT2D eigenvalue weighted by Gasteiger charge is 2.45. The van der Waals surface area contributed by atoms with Crippen LogP contribution in [0.4, 0.5) is 0 Å². The van der Waals surface area contributed by atoms with Crippen molar-refractivity contribution in [1.29, 1.82) is 0 Å². The van der Waals surface area contributed by atoms with E-state index >= 15 is 14.4 Å². The molecule has 0 aliphatic carbocycles. The number of hydrogen-bond acceptors (Lipinski definition) is 20. The number of carboxylic acids is 1. The van der Waals surface area contributed by atoms with Crippen molar-refractivity contribution in [1.82, 2.24) is 31.9 Å². The molecule has 11 bridgehead atoms. The number of hydrogen-bond donors (Lipinski definition) is 16. The molecule has 13 atom stereocenters. The largest absolute Gasteiger partial charge is 0.508 e. The minimum Gasteiger partial charge on any atom is -0.508 e. The summed E-state index contributed by atoms with van der Waals surface area (Å²) in [7, 11) is 0. The number of carbonyl (C=O) groups excluding carboxylic acids is 7. The van der Waals surface area contributed by atoms with E-state index in [1.165, 1.54) is 37.3 Å². The molecule has 28 nitrogen and oxygen atoms in total. The zero-order chi connectivity index (χ0) is 64.8. The highest BCUT2D eigenvalue weighted by molar-refractivity contribution is 6.32. The third-order valence-corrected chi connectivity index (χ3v) is 15.9. The average molecular weight is 1270 g/mol. The fourth-order valence-corrected chi connectivity index (χ4v) is 11.3. The summed E-state index contributed by atoms with van der Waals surface area (Å²) in [6.45, 7) is 6.63. The topological polar surface area (TPSA) is 465 Å². The standard InChI is InChI=1S/C59H63Cl2N9O19/c1-21(2)11-32(62)52(78)69-46-48(75)24-6-9-36(30(60)13-24)87-38-15-26-16-39(50(38)89-41-20-59(4,64)51(77)22(3)86-41)88-37-10-7-25(14-31(37)61)49(76)47-57(83)68-45(58(84)85)29-17-27(71)18-35(73)42(29)28-12-23(5-8-34(28)72)43(54(80)70-47)67-55(81)44(26)66-53(79)33(19-40(63)74)65-56(46)82/h5-10,12-18,21-22,32-33,41,43-49,51,71-73,75-77H,11,19-20,62,64H2,1-4H3,(H2,63,74)(H,65,82)(H,66,79)(H,67,81)(H,68,83)(H,69,78)(H,70,80)(H,84,85)/t22-,32-,33-,41?,43+,44+,45-,46+,47-,48+,49+,51+,59-/m0/s1. The van der Waals surface area contributed by atoms with E-state index in [1.54, 1.807) is 20.8 Å². The van der Waals surface area contributed by atoms with Crippen LogP contribution in [0, 0.1) is 5.92 Å². The number of ether oxygens (including phenoxy) is 4. The summed E-state index contributed by atoms with van der Waals surface area (Å²) in [5.74, 6) is -14.7. The van der Waals surface area contributed by atoms with Gasteiger partial charge in [-0.05, 0) is 103 Å². The number of carbonyl (C=O) groups is 8. The van der Waals surface area contributed by atoms with Crippen molar-refractivity contribution in [3.63, 3.8) is 0 Å². The first-order chi connectivity index (χ1) is 41.9. The molecule has 6 aliphatic rings. The van der Waals surface area contributed by atoms with E-state index in [0.717, 1.165) is 48.5 Å². The maximum Gasteiger partial charge on any atom is 0.330 e. The second kappa shape index (κ2) is 25.6. The number of carboxylic acid groups (broad SMARTS) is 1. The number of aliphatic carboxylic acids is 1. The van der Waals surface area contributed by atoms with E-state index in [0.29, 0.717) is 0 Å². The predicted octanol–water partition coefficient (Wildman–Crippen LogP) is 2.02. The maximum atomic E-state index is 15.8. The third-order valence-electron chi connectivity index (χ3n) is 15.3. The molecule has 1 saturated heterocycles. The van der Waals surface area contributed by atoms with Crippen molar-refractivity contribution in [2.75, 3.05) is 0 Å². The van der Waals surface area contributed by atoms with Crippen LogP contribution in [-0.2, 0) is 43.1 Å². The number of primary amides is 1. The summed E-state index contributed by atoms with van der Waals surface area (Å²) < 4.78 is 25.7. The molecule has 1 unspecified atom stereocenters. The molecule has 5 aromatic rings. The van der Waals surface area contributed by atoms with Gasteiger partial charge in [0, 0.05) is 34.7 Å². The zero-order valence-electron chi connectivity index (χ0n) is 47.6. The SMILES string of the molecule is CC(C)C[C@H](N)C(=O)N[C@H]1C(=O)N[C@@H](CC(N)=O)C(=O)N[C@H]2C(=O)N[C@H]3C(=O)N[C@H](C(=O)N[C@H](C(=O)O)c4cc(O)cc(O)c4-c4cc3ccc4O)[C@H](O)c3ccc(c(Cl)c3)Oc3cc2cc(c3OC2C[C@](C)(N)[C@H](O)[C@H](C)O2)Oc2ccc(cc2Cl)[C@H]1O. The second-order valence-corrected chi connectivity index (χ2v) is 23.5. The molecule has 1 fully saturated rings. The first-order valence-corrected chi connectivity index (χ1v) is 28.4. The van der Waals surface area contributed by atoms with Crippen LogP contribution in [0.1, 0.15) is 105 Å². The molecule has 19 N–H and O–H groups in total. The molecule has 7 amide bonds. The Bertz CT molecular complexity index is 3700. The van der Waals surface area contributed by atoms with Crippen LogP contribution in [-0.4, -0.2) is 131 Å². The van der Waals surface area contributed by atoms with Gasteiger partial charge in [0.15, 0.2) is 17.5 Å². The summed E-state index contributed by atoms with van der Waals surface area (Å²) in [5, 5.41) is 93.2. The Hall–Kier alpha value is -9.00. The second-order valence-electron chi connectivity index (χ2n) is 22.7. The highest BCUT2D eigenvalue weighted by Crippen LogP contribution is 2.49. The lowest BCUT2D eigenvalue weighted by Gasteiger charge is -2.42. The molecule has 30 heteroatoms. The third kappa shape index (κ3) is 13.7. The molecule has 5 aromatic carbocycles.